The maximum Gasteiger partial charge on any atom is 0.256 e. The minimum atomic E-state index is -0.224. The standard InChI is InChI=1S/C22H18BrN3O2/c1-14-6-5-11-26-13-20(24-21(14)26)16-7-3-4-8-19(16)25-22(27)17-12-15(28-2)9-10-18(17)23/h3-13H,1-2H3,(H,25,27). The predicted octanol–water partition coefficient (Wildman–Crippen LogP) is 5.33. The first-order valence-corrected chi connectivity index (χ1v) is 9.55. The average Bonchev–Trinajstić information content (AvgIpc) is 3.14. The smallest absolute Gasteiger partial charge is 0.256 e. The molecule has 0 spiro atoms. The molecule has 0 aliphatic carbocycles. The van der Waals surface area contributed by atoms with Crippen LogP contribution in [0.5, 0.6) is 5.75 Å². The van der Waals surface area contributed by atoms with Crippen LogP contribution in [0.1, 0.15) is 15.9 Å². The first-order valence-electron chi connectivity index (χ1n) is 8.75. The fraction of sp³-hybridized carbons (Fsp3) is 0.0909. The number of fused-ring (bicyclic) bond motifs is 1. The number of carbonyl (C=O) groups is 1. The van der Waals surface area contributed by atoms with Crippen molar-refractivity contribution >= 4 is 33.2 Å². The maximum absolute atomic E-state index is 12.9. The SMILES string of the molecule is COc1ccc(Br)c(C(=O)Nc2ccccc2-c2cn3cccc(C)c3n2)c1. The molecule has 5 nitrogen and oxygen atoms in total. The van der Waals surface area contributed by atoms with Gasteiger partial charge in [0.05, 0.1) is 24.1 Å². The Labute approximate surface area is 171 Å². The van der Waals surface area contributed by atoms with E-state index in [1.807, 2.05) is 60.1 Å². The number of anilines is 1. The molecule has 0 saturated heterocycles. The van der Waals surface area contributed by atoms with Gasteiger partial charge in [-0.25, -0.2) is 4.98 Å². The first kappa shape index (κ1) is 18.3. The zero-order chi connectivity index (χ0) is 19.7. The van der Waals surface area contributed by atoms with Gasteiger partial charge < -0.3 is 14.5 Å². The minimum Gasteiger partial charge on any atom is -0.497 e. The van der Waals surface area contributed by atoms with E-state index >= 15 is 0 Å². The highest BCUT2D eigenvalue weighted by molar-refractivity contribution is 9.10. The van der Waals surface area contributed by atoms with Crippen LogP contribution in [-0.2, 0) is 0 Å². The van der Waals surface area contributed by atoms with Gasteiger partial charge in [-0.05, 0) is 58.7 Å². The van der Waals surface area contributed by atoms with Crippen molar-refractivity contribution in [2.45, 2.75) is 6.92 Å². The van der Waals surface area contributed by atoms with Crippen LogP contribution in [0.15, 0.2) is 71.5 Å². The Morgan fingerprint density at radius 3 is 2.75 bits per heavy atom. The molecule has 0 aliphatic heterocycles. The average molecular weight is 436 g/mol. The molecule has 2 aromatic carbocycles. The Morgan fingerprint density at radius 1 is 1.14 bits per heavy atom. The van der Waals surface area contributed by atoms with Crippen LogP contribution in [0, 0.1) is 6.92 Å². The minimum absolute atomic E-state index is 0.224. The molecule has 1 amide bonds. The summed E-state index contributed by atoms with van der Waals surface area (Å²) >= 11 is 3.44. The van der Waals surface area contributed by atoms with E-state index in [9.17, 15) is 4.79 Å². The van der Waals surface area contributed by atoms with Gasteiger partial charge in [0.1, 0.15) is 11.4 Å². The summed E-state index contributed by atoms with van der Waals surface area (Å²) in [6.07, 6.45) is 3.93. The molecule has 0 fully saturated rings. The second-order valence-electron chi connectivity index (χ2n) is 6.39. The van der Waals surface area contributed by atoms with Gasteiger partial charge in [0, 0.05) is 22.4 Å². The number of hydrogen-bond donors (Lipinski definition) is 1. The summed E-state index contributed by atoms with van der Waals surface area (Å²) in [5.41, 5.74) is 4.85. The number of hydrogen-bond acceptors (Lipinski definition) is 3. The number of nitrogens with zero attached hydrogens (tertiary/aromatic N) is 2. The fourth-order valence-electron chi connectivity index (χ4n) is 3.09. The summed E-state index contributed by atoms with van der Waals surface area (Å²) < 4.78 is 7.92. The summed E-state index contributed by atoms with van der Waals surface area (Å²) in [4.78, 5) is 17.6. The number of carbonyl (C=O) groups excluding carboxylic acids is 1. The van der Waals surface area contributed by atoms with E-state index in [-0.39, 0.29) is 5.91 Å². The second-order valence-corrected chi connectivity index (χ2v) is 7.25. The van der Waals surface area contributed by atoms with Crippen molar-refractivity contribution < 1.29 is 9.53 Å². The van der Waals surface area contributed by atoms with Crippen LogP contribution in [0.4, 0.5) is 5.69 Å². The Kier molecular flexibility index (Phi) is 4.88. The first-order chi connectivity index (χ1) is 13.6. The quantitative estimate of drug-likeness (QED) is 0.470. The van der Waals surface area contributed by atoms with E-state index in [4.69, 9.17) is 9.72 Å². The lowest BCUT2D eigenvalue weighted by Crippen LogP contribution is -2.13. The fourth-order valence-corrected chi connectivity index (χ4v) is 3.52. The molecule has 28 heavy (non-hydrogen) atoms. The molecular formula is C22H18BrN3O2. The zero-order valence-corrected chi connectivity index (χ0v) is 17.0. The van der Waals surface area contributed by atoms with Crippen molar-refractivity contribution in [3.8, 4) is 17.0 Å². The number of imidazole rings is 1. The Balaban J connectivity index is 1.72. The molecule has 0 atom stereocenters. The van der Waals surface area contributed by atoms with Crippen molar-refractivity contribution in [2.75, 3.05) is 12.4 Å². The lowest BCUT2D eigenvalue weighted by Gasteiger charge is -2.11. The number of rotatable bonds is 4. The number of aryl methyl sites for hydroxylation is 1. The molecule has 0 saturated carbocycles. The number of ether oxygens (including phenoxy) is 1. The van der Waals surface area contributed by atoms with Gasteiger partial charge in [-0.1, -0.05) is 24.3 Å². The molecule has 0 radical (unpaired) electrons. The van der Waals surface area contributed by atoms with Crippen molar-refractivity contribution in [1.82, 2.24) is 9.38 Å². The number of nitrogens with one attached hydrogen (secondary N) is 1. The van der Waals surface area contributed by atoms with Crippen molar-refractivity contribution in [3.63, 3.8) is 0 Å². The van der Waals surface area contributed by atoms with Crippen molar-refractivity contribution in [1.29, 1.82) is 0 Å². The predicted molar refractivity (Wildman–Crippen MR) is 114 cm³/mol. The highest BCUT2D eigenvalue weighted by Crippen LogP contribution is 2.30. The van der Waals surface area contributed by atoms with Gasteiger partial charge in [0.2, 0.25) is 0 Å². The molecule has 0 unspecified atom stereocenters. The molecule has 2 aromatic heterocycles. The van der Waals surface area contributed by atoms with Crippen LogP contribution in [-0.4, -0.2) is 22.4 Å². The third-order valence-corrected chi connectivity index (χ3v) is 5.24. The number of benzene rings is 2. The molecule has 1 N–H and O–H groups in total. The molecule has 6 heteroatoms. The number of amides is 1. The highest BCUT2D eigenvalue weighted by Gasteiger charge is 2.15. The van der Waals surface area contributed by atoms with E-state index in [2.05, 4.69) is 21.2 Å². The van der Waals surface area contributed by atoms with Gasteiger partial charge in [0.15, 0.2) is 0 Å². The van der Waals surface area contributed by atoms with E-state index in [1.165, 1.54) is 0 Å². The van der Waals surface area contributed by atoms with Gasteiger partial charge >= 0.3 is 0 Å². The zero-order valence-electron chi connectivity index (χ0n) is 15.4. The largest absolute Gasteiger partial charge is 0.497 e. The molecule has 140 valence electrons. The highest BCUT2D eigenvalue weighted by atomic mass is 79.9. The van der Waals surface area contributed by atoms with E-state index in [1.54, 1.807) is 25.3 Å². The Bertz CT molecular complexity index is 1180. The number of pyridine rings is 1. The third-order valence-electron chi connectivity index (χ3n) is 4.55. The number of aromatic nitrogens is 2. The van der Waals surface area contributed by atoms with Crippen LogP contribution in [0.2, 0.25) is 0 Å². The van der Waals surface area contributed by atoms with Crippen LogP contribution in [0.3, 0.4) is 0 Å². The van der Waals surface area contributed by atoms with Crippen LogP contribution < -0.4 is 10.1 Å². The van der Waals surface area contributed by atoms with Crippen molar-refractivity contribution in [3.05, 3.63) is 82.6 Å². The lowest BCUT2D eigenvalue weighted by atomic mass is 10.1. The van der Waals surface area contributed by atoms with Crippen LogP contribution >= 0.6 is 15.9 Å². The lowest BCUT2D eigenvalue weighted by molar-refractivity contribution is 0.102. The number of halogens is 1. The third kappa shape index (κ3) is 3.39. The molecular weight excluding hydrogens is 418 g/mol. The Morgan fingerprint density at radius 2 is 1.96 bits per heavy atom. The summed E-state index contributed by atoms with van der Waals surface area (Å²) in [7, 11) is 1.58. The van der Waals surface area contributed by atoms with Gasteiger partial charge in [0.25, 0.3) is 5.91 Å². The molecule has 2 heterocycles. The Hall–Kier alpha value is -3.12. The normalized spacial score (nSPS) is 10.8. The summed E-state index contributed by atoms with van der Waals surface area (Å²) in [6.45, 7) is 2.03. The van der Waals surface area contributed by atoms with Gasteiger partial charge in [-0.15, -0.1) is 0 Å². The molecule has 0 bridgehead atoms. The summed E-state index contributed by atoms with van der Waals surface area (Å²) in [5.74, 6) is 0.399. The monoisotopic (exact) mass is 435 g/mol. The molecule has 0 aliphatic rings. The van der Waals surface area contributed by atoms with Crippen LogP contribution in [0.25, 0.3) is 16.9 Å². The second kappa shape index (κ2) is 7.48. The topological polar surface area (TPSA) is 55.6 Å². The molecule has 4 rings (SSSR count). The number of para-hydroxylation sites is 1. The van der Waals surface area contributed by atoms with Crippen molar-refractivity contribution in [2.24, 2.45) is 0 Å². The van der Waals surface area contributed by atoms with E-state index in [0.717, 1.165) is 22.5 Å². The number of methoxy groups -OCH3 is 1. The molecule has 4 aromatic rings. The van der Waals surface area contributed by atoms with E-state index in [0.29, 0.717) is 21.5 Å². The summed E-state index contributed by atoms with van der Waals surface area (Å²) in [6, 6.07) is 17.0. The van der Waals surface area contributed by atoms with E-state index < -0.39 is 0 Å². The van der Waals surface area contributed by atoms with Gasteiger partial charge in [-0.2, -0.15) is 0 Å². The summed E-state index contributed by atoms with van der Waals surface area (Å²) in [5, 5.41) is 3.00. The maximum atomic E-state index is 12.9. The van der Waals surface area contributed by atoms with Gasteiger partial charge in [-0.3, -0.25) is 4.79 Å².